The Balaban J connectivity index is 1.88. The summed E-state index contributed by atoms with van der Waals surface area (Å²) in [4.78, 5) is 8.20. The molecule has 0 saturated carbocycles. The fourth-order valence-corrected chi connectivity index (χ4v) is 2.04. The number of rotatable bonds is 3. The zero-order valence-corrected chi connectivity index (χ0v) is 10.1. The molecule has 16 heavy (non-hydrogen) atoms. The van der Waals surface area contributed by atoms with E-state index in [-0.39, 0.29) is 0 Å². The van der Waals surface area contributed by atoms with Crippen molar-refractivity contribution < 1.29 is 4.74 Å². The lowest BCUT2D eigenvalue weighted by Gasteiger charge is -2.22. The SMILES string of the molecule is Cc1cc(Cl)nc(OC[C@@H]2CCCCN2)n1. The zero-order chi connectivity index (χ0) is 11.4. The summed E-state index contributed by atoms with van der Waals surface area (Å²) in [7, 11) is 0. The number of aromatic nitrogens is 2. The number of halogens is 1. The highest BCUT2D eigenvalue weighted by molar-refractivity contribution is 6.29. The summed E-state index contributed by atoms with van der Waals surface area (Å²) >= 11 is 5.82. The molecule has 0 amide bonds. The Kier molecular flexibility index (Phi) is 3.96. The summed E-state index contributed by atoms with van der Waals surface area (Å²) < 4.78 is 5.54. The van der Waals surface area contributed by atoms with Crippen LogP contribution >= 0.6 is 11.6 Å². The van der Waals surface area contributed by atoms with Gasteiger partial charge in [-0.25, -0.2) is 4.98 Å². The van der Waals surface area contributed by atoms with Gasteiger partial charge in [-0.1, -0.05) is 18.0 Å². The average molecular weight is 242 g/mol. The van der Waals surface area contributed by atoms with Crippen LogP contribution in [0.4, 0.5) is 0 Å². The molecule has 1 atom stereocenters. The highest BCUT2D eigenvalue weighted by Crippen LogP contribution is 2.13. The van der Waals surface area contributed by atoms with Gasteiger partial charge in [0.15, 0.2) is 0 Å². The molecule has 1 saturated heterocycles. The number of hydrogen-bond acceptors (Lipinski definition) is 4. The van der Waals surface area contributed by atoms with Gasteiger partial charge in [-0.2, -0.15) is 4.98 Å². The first-order valence-electron chi connectivity index (χ1n) is 5.61. The second-order valence-electron chi connectivity index (χ2n) is 4.07. The van der Waals surface area contributed by atoms with E-state index in [1.807, 2.05) is 6.92 Å². The maximum absolute atomic E-state index is 5.82. The molecule has 5 heteroatoms. The molecule has 1 N–H and O–H groups in total. The second-order valence-corrected chi connectivity index (χ2v) is 4.46. The molecule has 1 aliphatic rings. The van der Waals surface area contributed by atoms with E-state index in [0.29, 0.717) is 23.8 Å². The van der Waals surface area contributed by atoms with Crippen LogP contribution in [0, 0.1) is 6.92 Å². The van der Waals surface area contributed by atoms with Gasteiger partial charge < -0.3 is 10.1 Å². The number of piperidine rings is 1. The molecular formula is C11H16ClN3O. The van der Waals surface area contributed by atoms with Gasteiger partial charge in [0.2, 0.25) is 0 Å². The van der Waals surface area contributed by atoms with Crippen molar-refractivity contribution in [2.24, 2.45) is 0 Å². The maximum Gasteiger partial charge on any atom is 0.318 e. The predicted octanol–water partition coefficient (Wildman–Crippen LogP) is 1.96. The van der Waals surface area contributed by atoms with Crippen LogP contribution in [0.1, 0.15) is 25.0 Å². The molecule has 2 rings (SSSR count). The Morgan fingerprint density at radius 1 is 1.50 bits per heavy atom. The third-order valence-electron chi connectivity index (χ3n) is 2.63. The molecule has 0 aliphatic carbocycles. The normalized spacial score (nSPS) is 20.8. The van der Waals surface area contributed by atoms with E-state index in [0.717, 1.165) is 18.7 Å². The van der Waals surface area contributed by atoms with Crippen LogP contribution in [-0.4, -0.2) is 29.2 Å². The fraction of sp³-hybridized carbons (Fsp3) is 0.636. The van der Waals surface area contributed by atoms with Gasteiger partial charge in [0.25, 0.3) is 0 Å². The molecule has 0 bridgehead atoms. The number of nitrogens with zero attached hydrogens (tertiary/aromatic N) is 2. The van der Waals surface area contributed by atoms with Crippen LogP contribution in [0.25, 0.3) is 0 Å². The summed E-state index contributed by atoms with van der Waals surface area (Å²) in [6.07, 6.45) is 3.67. The molecule has 2 heterocycles. The average Bonchev–Trinajstić information content (AvgIpc) is 2.27. The molecule has 1 aromatic heterocycles. The summed E-state index contributed by atoms with van der Waals surface area (Å²) in [5.74, 6) is 0. The molecule has 0 unspecified atom stereocenters. The standard InChI is InChI=1S/C11H16ClN3O/c1-8-6-10(12)15-11(14-8)16-7-9-4-2-3-5-13-9/h6,9,13H,2-5,7H2,1H3/t9-/m0/s1. The van der Waals surface area contributed by atoms with Gasteiger partial charge in [0.05, 0.1) is 0 Å². The Morgan fingerprint density at radius 2 is 2.38 bits per heavy atom. The molecule has 0 aromatic carbocycles. The van der Waals surface area contributed by atoms with E-state index in [4.69, 9.17) is 16.3 Å². The van der Waals surface area contributed by atoms with Crippen molar-refractivity contribution in [3.05, 3.63) is 16.9 Å². The van der Waals surface area contributed by atoms with Crippen LogP contribution in [0.3, 0.4) is 0 Å². The van der Waals surface area contributed by atoms with Crippen molar-refractivity contribution >= 4 is 11.6 Å². The van der Waals surface area contributed by atoms with Crippen LogP contribution in [0.2, 0.25) is 5.15 Å². The van der Waals surface area contributed by atoms with E-state index >= 15 is 0 Å². The van der Waals surface area contributed by atoms with Crippen molar-refractivity contribution in [1.29, 1.82) is 0 Å². The number of aryl methyl sites for hydroxylation is 1. The van der Waals surface area contributed by atoms with E-state index < -0.39 is 0 Å². The van der Waals surface area contributed by atoms with E-state index in [1.54, 1.807) is 6.07 Å². The van der Waals surface area contributed by atoms with Gasteiger partial charge in [0.1, 0.15) is 11.8 Å². The fourth-order valence-electron chi connectivity index (χ4n) is 1.81. The summed E-state index contributed by atoms with van der Waals surface area (Å²) in [5, 5.41) is 3.83. The van der Waals surface area contributed by atoms with Crippen molar-refractivity contribution in [2.45, 2.75) is 32.2 Å². The maximum atomic E-state index is 5.82. The lowest BCUT2D eigenvalue weighted by atomic mass is 10.1. The van der Waals surface area contributed by atoms with Crippen molar-refractivity contribution in [3.8, 4) is 6.01 Å². The van der Waals surface area contributed by atoms with E-state index in [2.05, 4.69) is 15.3 Å². The second kappa shape index (κ2) is 5.46. The Morgan fingerprint density at radius 3 is 3.06 bits per heavy atom. The third-order valence-corrected chi connectivity index (χ3v) is 2.82. The van der Waals surface area contributed by atoms with Gasteiger partial charge in [-0.15, -0.1) is 0 Å². The van der Waals surface area contributed by atoms with Crippen molar-refractivity contribution in [2.75, 3.05) is 13.2 Å². The van der Waals surface area contributed by atoms with Crippen LogP contribution in [0.15, 0.2) is 6.07 Å². The molecule has 0 radical (unpaired) electrons. The van der Waals surface area contributed by atoms with Crippen LogP contribution in [-0.2, 0) is 0 Å². The first-order valence-corrected chi connectivity index (χ1v) is 5.99. The summed E-state index contributed by atoms with van der Waals surface area (Å²) in [6.45, 7) is 3.56. The van der Waals surface area contributed by atoms with Gasteiger partial charge in [-0.3, -0.25) is 0 Å². The molecule has 88 valence electrons. The molecule has 4 nitrogen and oxygen atoms in total. The smallest absolute Gasteiger partial charge is 0.318 e. The molecular weight excluding hydrogens is 226 g/mol. The first-order chi connectivity index (χ1) is 7.74. The van der Waals surface area contributed by atoms with E-state index in [1.165, 1.54) is 12.8 Å². The summed E-state index contributed by atoms with van der Waals surface area (Å²) in [5.41, 5.74) is 0.826. The number of ether oxygens (including phenoxy) is 1. The number of hydrogen-bond donors (Lipinski definition) is 1. The highest BCUT2D eigenvalue weighted by atomic mass is 35.5. The zero-order valence-electron chi connectivity index (χ0n) is 9.37. The summed E-state index contributed by atoms with van der Waals surface area (Å²) in [6, 6.07) is 2.50. The molecule has 1 aliphatic heterocycles. The van der Waals surface area contributed by atoms with Gasteiger partial charge in [-0.05, 0) is 32.4 Å². The Hall–Kier alpha value is -0.870. The highest BCUT2D eigenvalue weighted by Gasteiger charge is 2.13. The largest absolute Gasteiger partial charge is 0.462 e. The lowest BCUT2D eigenvalue weighted by Crippen LogP contribution is -2.38. The molecule has 1 aromatic rings. The third kappa shape index (κ3) is 3.32. The monoisotopic (exact) mass is 241 g/mol. The topological polar surface area (TPSA) is 47.0 Å². The Bertz CT molecular complexity index is 333. The lowest BCUT2D eigenvalue weighted by molar-refractivity contribution is 0.224. The number of nitrogens with one attached hydrogen (secondary N) is 1. The van der Waals surface area contributed by atoms with Gasteiger partial charge in [0, 0.05) is 11.7 Å². The molecule has 0 spiro atoms. The molecule has 1 fully saturated rings. The van der Waals surface area contributed by atoms with Crippen molar-refractivity contribution in [3.63, 3.8) is 0 Å². The predicted molar refractivity (Wildman–Crippen MR) is 62.9 cm³/mol. The minimum atomic E-state index is 0.373. The minimum absolute atomic E-state index is 0.373. The minimum Gasteiger partial charge on any atom is -0.462 e. The Labute approximate surface area is 100 Å². The van der Waals surface area contributed by atoms with Crippen LogP contribution in [0.5, 0.6) is 6.01 Å². The van der Waals surface area contributed by atoms with Gasteiger partial charge >= 0.3 is 6.01 Å². The quantitative estimate of drug-likeness (QED) is 0.822. The first kappa shape index (κ1) is 11.6. The van der Waals surface area contributed by atoms with Crippen LogP contribution < -0.4 is 10.1 Å². The van der Waals surface area contributed by atoms with Crippen molar-refractivity contribution in [1.82, 2.24) is 15.3 Å². The van der Waals surface area contributed by atoms with E-state index in [9.17, 15) is 0 Å².